The monoisotopic (exact) mass is 312 g/mol. The van der Waals surface area contributed by atoms with Gasteiger partial charge in [0.15, 0.2) is 9.84 Å². The van der Waals surface area contributed by atoms with Crippen LogP contribution in [0.2, 0.25) is 0 Å². The highest BCUT2D eigenvalue weighted by Gasteiger charge is 2.28. The lowest BCUT2D eigenvalue weighted by Gasteiger charge is -2.21. The van der Waals surface area contributed by atoms with Gasteiger partial charge in [0.1, 0.15) is 0 Å². The molecule has 86 valence electrons. The molecule has 3 N–H and O–H groups in total. The number of thiophene rings is 1. The fourth-order valence-electron chi connectivity index (χ4n) is 1.20. The minimum Gasteiger partial charge on any atom is -0.271 e. The van der Waals surface area contributed by atoms with Gasteiger partial charge in [-0.1, -0.05) is 0 Å². The number of halogens is 1. The predicted molar refractivity (Wildman–Crippen MR) is 66.4 cm³/mol. The first kappa shape index (κ1) is 13.1. The predicted octanol–water partition coefficient (Wildman–Crippen LogP) is 1.45. The SMILES string of the molecule is CC(C(NN)c1sccc1Br)S(C)(=O)=O. The summed E-state index contributed by atoms with van der Waals surface area (Å²) in [6.07, 6.45) is 1.21. The molecule has 1 aromatic heterocycles. The van der Waals surface area contributed by atoms with E-state index in [1.54, 1.807) is 6.92 Å². The van der Waals surface area contributed by atoms with E-state index in [0.29, 0.717) is 0 Å². The molecule has 0 bridgehead atoms. The maximum atomic E-state index is 11.4. The Morgan fingerprint density at radius 1 is 1.60 bits per heavy atom. The molecular formula is C8H13BrN2O2S2. The molecule has 0 spiro atoms. The van der Waals surface area contributed by atoms with Crippen LogP contribution in [0.4, 0.5) is 0 Å². The standard InChI is InChI=1S/C8H13BrN2O2S2/c1-5(15(2,12)13)7(11-10)8-6(9)3-4-14-8/h3-5,7,11H,10H2,1-2H3. The van der Waals surface area contributed by atoms with Gasteiger partial charge in [0, 0.05) is 15.6 Å². The molecule has 0 aliphatic rings. The first-order valence-corrected chi connectivity index (χ1v) is 7.88. The van der Waals surface area contributed by atoms with Crippen LogP contribution in [0, 0.1) is 0 Å². The summed E-state index contributed by atoms with van der Waals surface area (Å²) in [4.78, 5) is 0.899. The zero-order valence-corrected chi connectivity index (χ0v) is 11.6. The van der Waals surface area contributed by atoms with E-state index in [1.807, 2.05) is 11.4 Å². The van der Waals surface area contributed by atoms with Gasteiger partial charge < -0.3 is 0 Å². The van der Waals surface area contributed by atoms with E-state index in [1.165, 1.54) is 17.6 Å². The van der Waals surface area contributed by atoms with Gasteiger partial charge >= 0.3 is 0 Å². The van der Waals surface area contributed by atoms with Gasteiger partial charge in [-0.25, -0.2) is 8.42 Å². The maximum absolute atomic E-state index is 11.4. The van der Waals surface area contributed by atoms with Crippen molar-refractivity contribution in [3.05, 3.63) is 20.8 Å². The van der Waals surface area contributed by atoms with Crippen LogP contribution in [0.25, 0.3) is 0 Å². The molecule has 0 saturated carbocycles. The second-order valence-electron chi connectivity index (χ2n) is 3.31. The molecule has 0 radical (unpaired) electrons. The minimum absolute atomic E-state index is 0.380. The molecular weight excluding hydrogens is 300 g/mol. The summed E-state index contributed by atoms with van der Waals surface area (Å²) in [5.41, 5.74) is 2.55. The highest BCUT2D eigenvalue weighted by Crippen LogP contribution is 2.32. The van der Waals surface area contributed by atoms with Crippen molar-refractivity contribution in [1.82, 2.24) is 5.43 Å². The smallest absolute Gasteiger partial charge is 0.151 e. The van der Waals surface area contributed by atoms with Crippen LogP contribution in [-0.2, 0) is 9.84 Å². The number of hydrogen-bond donors (Lipinski definition) is 2. The third kappa shape index (κ3) is 3.01. The van der Waals surface area contributed by atoms with Gasteiger partial charge in [-0.2, -0.15) is 0 Å². The second kappa shape index (κ2) is 4.92. The van der Waals surface area contributed by atoms with Crippen LogP contribution in [0.5, 0.6) is 0 Å². The lowest BCUT2D eigenvalue weighted by atomic mass is 10.2. The number of rotatable bonds is 4. The van der Waals surface area contributed by atoms with Gasteiger partial charge in [-0.05, 0) is 34.3 Å². The molecule has 1 rings (SSSR count). The van der Waals surface area contributed by atoms with Crippen molar-refractivity contribution in [2.24, 2.45) is 5.84 Å². The van der Waals surface area contributed by atoms with Gasteiger partial charge in [-0.15, -0.1) is 11.3 Å². The summed E-state index contributed by atoms with van der Waals surface area (Å²) in [5.74, 6) is 5.40. The molecule has 0 aliphatic heterocycles. The molecule has 0 amide bonds. The number of sulfone groups is 1. The second-order valence-corrected chi connectivity index (χ2v) is 7.52. The third-order valence-corrected chi connectivity index (χ3v) is 5.83. The molecule has 0 aromatic carbocycles. The van der Waals surface area contributed by atoms with Gasteiger partial charge in [-0.3, -0.25) is 11.3 Å². The Bertz CT molecular complexity index is 430. The lowest BCUT2D eigenvalue weighted by molar-refractivity contribution is 0.518. The average molecular weight is 313 g/mol. The zero-order valence-electron chi connectivity index (χ0n) is 8.40. The number of hydrazine groups is 1. The Morgan fingerprint density at radius 3 is 2.53 bits per heavy atom. The van der Waals surface area contributed by atoms with E-state index in [9.17, 15) is 8.42 Å². The molecule has 2 unspecified atom stereocenters. The van der Waals surface area contributed by atoms with Crippen LogP contribution in [0.3, 0.4) is 0 Å². The molecule has 4 nitrogen and oxygen atoms in total. The van der Waals surface area contributed by atoms with E-state index >= 15 is 0 Å². The van der Waals surface area contributed by atoms with Crippen molar-refractivity contribution in [3.8, 4) is 0 Å². The van der Waals surface area contributed by atoms with Crippen molar-refractivity contribution >= 4 is 37.1 Å². The van der Waals surface area contributed by atoms with E-state index in [2.05, 4.69) is 21.4 Å². The number of nitrogens with one attached hydrogen (secondary N) is 1. The largest absolute Gasteiger partial charge is 0.271 e. The highest BCUT2D eigenvalue weighted by atomic mass is 79.9. The maximum Gasteiger partial charge on any atom is 0.151 e. The summed E-state index contributed by atoms with van der Waals surface area (Å²) < 4.78 is 23.7. The molecule has 1 heterocycles. The van der Waals surface area contributed by atoms with Crippen LogP contribution in [0.1, 0.15) is 17.8 Å². The Morgan fingerprint density at radius 2 is 2.20 bits per heavy atom. The van der Waals surface area contributed by atoms with Gasteiger partial charge in [0.2, 0.25) is 0 Å². The topological polar surface area (TPSA) is 72.2 Å². The summed E-state index contributed by atoms with van der Waals surface area (Å²) >= 11 is 4.84. The van der Waals surface area contributed by atoms with Crippen molar-refractivity contribution in [2.45, 2.75) is 18.2 Å². The minimum atomic E-state index is -3.11. The molecule has 0 aliphatic carbocycles. The van der Waals surface area contributed by atoms with Crippen molar-refractivity contribution < 1.29 is 8.42 Å². The molecule has 15 heavy (non-hydrogen) atoms. The van der Waals surface area contributed by atoms with Crippen molar-refractivity contribution in [3.63, 3.8) is 0 Å². The van der Waals surface area contributed by atoms with Gasteiger partial charge in [0.05, 0.1) is 11.3 Å². The van der Waals surface area contributed by atoms with Gasteiger partial charge in [0.25, 0.3) is 0 Å². The van der Waals surface area contributed by atoms with E-state index in [4.69, 9.17) is 5.84 Å². The fraction of sp³-hybridized carbons (Fsp3) is 0.500. The Labute approximate surface area is 102 Å². The Balaban J connectivity index is 3.06. The van der Waals surface area contributed by atoms with Crippen LogP contribution < -0.4 is 11.3 Å². The summed E-state index contributed by atoms with van der Waals surface area (Å²) in [7, 11) is -3.11. The molecule has 1 aromatic rings. The van der Waals surface area contributed by atoms with Crippen LogP contribution >= 0.6 is 27.3 Å². The van der Waals surface area contributed by atoms with Crippen LogP contribution in [0.15, 0.2) is 15.9 Å². The molecule has 2 atom stereocenters. The number of nitrogens with two attached hydrogens (primary N) is 1. The highest BCUT2D eigenvalue weighted by molar-refractivity contribution is 9.10. The molecule has 7 heteroatoms. The molecule has 0 fully saturated rings. The fourth-order valence-corrected chi connectivity index (χ4v) is 3.78. The first-order valence-electron chi connectivity index (χ1n) is 4.25. The number of hydrogen-bond acceptors (Lipinski definition) is 5. The Kier molecular flexibility index (Phi) is 4.30. The average Bonchev–Trinajstić information content (AvgIpc) is 2.52. The summed E-state index contributed by atoms with van der Waals surface area (Å²) in [6, 6.07) is 1.49. The lowest BCUT2D eigenvalue weighted by Crippen LogP contribution is -2.38. The quantitative estimate of drug-likeness (QED) is 0.652. The molecule has 0 saturated heterocycles. The van der Waals surface area contributed by atoms with Crippen LogP contribution in [-0.4, -0.2) is 19.9 Å². The Hall–Kier alpha value is 0.0500. The van der Waals surface area contributed by atoms with Crippen molar-refractivity contribution in [1.29, 1.82) is 0 Å². The summed E-state index contributed by atoms with van der Waals surface area (Å²) in [5, 5.41) is 1.33. The van der Waals surface area contributed by atoms with Crippen molar-refractivity contribution in [2.75, 3.05) is 6.26 Å². The van der Waals surface area contributed by atoms with E-state index in [-0.39, 0.29) is 6.04 Å². The normalized spacial score (nSPS) is 16.3. The summed E-state index contributed by atoms with van der Waals surface area (Å²) in [6.45, 7) is 1.64. The van der Waals surface area contributed by atoms with E-state index in [0.717, 1.165) is 9.35 Å². The van der Waals surface area contributed by atoms with E-state index < -0.39 is 15.1 Å². The third-order valence-electron chi connectivity index (χ3n) is 2.25. The zero-order chi connectivity index (χ0) is 11.6. The first-order chi connectivity index (χ1) is 6.88.